The Balaban J connectivity index is 1.88. The fourth-order valence-corrected chi connectivity index (χ4v) is 3.34. The predicted octanol–water partition coefficient (Wildman–Crippen LogP) is 4.16. The van der Waals surface area contributed by atoms with E-state index in [9.17, 15) is 9.59 Å². The minimum Gasteiger partial charge on any atom is -0.491 e. The first-order valence-electron chi connectivity index (χ1n) is 10.2. The molecule has 0 saturated carbocycles. The molecule has 0 aliphatic heterocycles. The molecule has 0 heterocycles. The standard InChI is InChI=1S/C25H25NO7/c1-31-22(12-13-23(28)29)24(18-8-4-9-19(16-18)32-15-14-27)33-25(30)26-21-11-5-7-17-6-2-3-10-20(17)21/h2-13,16,22,24,27H,14-15H2,1H3,(H,26,30)(H,28,29)/b13-12+/t22-,24-/m1/s1. The van der Waals surface area contributed by atoms with Gasteiger partial charge in [0.2, 0.25) is 0 Å². The molecule has 3 aromatic rings. The van der Waals surface area contributed by atoms with Crippen LogP contribution in [-0.2, 0) is 14.3 Å². The Bertz CT molecular complexity index is 1120. The second kappa shape index (κ2) is 11.7. The number of amides is 1. The number of anilines is 1. The summed E-state index contributed by atoms with van der Waals surface area (Å²) in [7, 11) is 1.39. The van der Waals surface area contributed by atoms with Gasteiger partial charge in [0.05, 0.1) is 12.3 Å². The third-order valence-corrected chi connectivity index (χ3v) is 4.81. The van der Waals surface area contributed by atoms with Gasteiger partial charge in [0.1, 0.15) is 18.5 Å². The van der Waals surface area contributed by atoms with E-state index in [1.807, 2.05) is 36.4 Å². The molecule has 0 radical (unpaired) electrons. The molecule has 0 aliphatic carbocycles. The van der Waals surface area contributed by atoms with Crippen LogP contribution in [-0.4, -0.2) is 48.7 Å². The minimum atomic E-state index is -1.16. The van der Waals surface area contributed by atoms with Crippen molar-refractivity contribution < 1.29 is 34.0 Å². The molecule has 0 bridgehead atoms. The molecule has 1 amide bonds. The summed E-state index contributed by atoms with van der Waals surface area (Å²) in [5.74, 6) is -0.697. The third-order valence-electron chi connectivity index (χ3n) is 4.81. The Morgan fingerprint density at radius 1 is 1.06 bits per heavy atom. The first-order valence-corrected chi connectivity index (χ1v) is 10.2. The summed E-state index contributed by atoms with van der Waals surface area (Å²) in [5, 5.41) is 22.6. The highest BCUT2D eigenvalue weighted by Crippen LogP contribution is 2.29. The van der Waals surface area contributed by atoms with Crippen LogP contribution in [0, 0.1) is 0 Å². The molecule has 172 valence electrons. The van der Waals surface area contributed by atoms with Crippen LogP contribution in [0.2, 0.25) is 0 Å². The van der Waals surface area contributed by atoms with Gasteiger partial charge in [-0.05, 0) is 35.2 Å². The second-order valence-electron chi connectivity index (χ2n) is 7.02. The van der Waals surface area contributed by atoms with E-state index in [2.05, 4.69) is 5.32 Å². The maximum absolute atomic E-state index is 12.9. The lowest BCUT2D eigenvalue weighted by atomic mass is 10.0. The molecule has 3 N–H and O–H groups in total. The van der Waals surface area contributed by atoms with Crippen molar-refractivity contribution in [3.05, 3.63) is 84.4 Å². The molecule has 0 spiro atoms. The highest BCUT2D eigenvalue weighted by Gasteiger charge is 2.26. The van der Waals surface area contributed by atoms with E-state index < -0.39 is 24.3 Å². The third kappa shape index (κ3) is 6.55. The highest BCUT2D eigenvalue weighted by molar-refractivity contribution is 6.00. The van der Waals surface area contributed by atoms with Gasteiger partial charge in [-0.1, -0.05) is 48.5 Å². The monoisotopic (exact) mass is 451 g/mol. The fourth-order valence-electron chi connectivity index (χ4n) is 3.34. The number of aliphatic hydroxyl groups is 1. The number of hydrogen-bond donors (Lipinski definition) is 3. The van der Waals surface area contributed by atoms with Gasteiger partial charge in [0.25, 0.3) is 0 Å². The number of aliphatic carboxylic acids is 1. The lowest BCUT2D eigenvalue weighted by molar-refractivity contribution is -0.131. The molecule has 0 saturated heterocycles. The Labute approximate surface area is 191 Å². The molecule has 0 aromatic heterocycles. The number of fused-ring (bicyclic) bond motifs is 1. The zero-order chi connectivity index (χ0) is 23.6. The molecule has 3 aromatic carbocycles. The maximum atomic E-state index is 12.9. The van der Waals surface area contributed by atoms with Crippen molar-refractivity contribution in [1.29, 1.82) is 0 Å². The average molecular weight is 451 g/mol. The molecule has 8 heteroatoms. The molecule has 0 fully saturated rings. The van der Waals surface area contributed by atoms with Gasteiger partial charge >= 0.3 is 12.1 Å². The van der Waals surface area contributed by atoms with Gasteiger partial charge in [-0.3, -0.25) is 5.32 Å². The molecular weight excluding hydrogens is 426 g/mol. The van der Waals surface area contributed by atoms with E-state index in [-0.39, 0.29) is 13.2 Å². The van der Waals surface area contributed by atoms with Crippen molar-refractivity contribution in [1.82, 2.24) is 0 Å². The van der Waals surface area contributed by atoms with Crippen LogP contribution < -0.4 is 10.1 Å². The predicted molar refractivity (Wildman–Crippen MR) is 123 cm³/mol. The minimum absolute atomic E-state index is 0.100. The van der Waals surface area contributed by atoms with Crippen molar-refractivity contribution >= 4 is 28.5 Å². The van der Waals surface area contributed by atoms with Crippen molar-refractivity contribution in [2.45, 2.75) is 12.2 Å². The smallest absolute Gasteiger partial charge is 0.412 e. The van der Waals surface area contributed by atoms with Gasteiger partial charge in [-0.2, -0.15) is 0 Å². The summed E-state index contributed by atoms with van der Waals surface area (Å²) >= 11 is 0. The number of hydrogen-bond acceptors (Lipinski definition) is 6. The van der Waals surface area contributed by atoms with E-state index in [1.54, 1.807) is 30.3 Å². The topological polar surface area (TPSA) is 114 Å². The van der Waals surface area contributed by atoms with Crippen molar-refractivity contribution in [3.8, 4) is 5.75 Å². The Hall–Kier alpha value is -3.88. The molecule has 33 heavy (non-hydrogen) atoms. The number of carbonyl (C=O) groups excluding carboxylic acids is 1. The molecule has 0 unspecified atom stereocenters. The summed E-state index contributed by atoms with van der Waals surface area (Å²) in [5.41, 5.74) is 1.10. The van der Waals surface area contributed by atoms with Crippen LogP contribution in [0.25, 0.3) is 10.8 Å². The van der Waals surface area contributed by atoms with Gasteiger partial charge in [0, 0.05) is 18.6 Å². The second-order valence-corrected chi connectivity index (χ2v) is 7.02. The Kier molecular flexibility index (Phi) is 8.40. The number of ether oxygens (including phenoxy) is 3. The first kappa shape index (κ1) is 23.8. The van der Waals surface area contributed by atoms with Crippen LogP contribution in [0.5, 0.6) is 5.75 Å². The summed E-state index contributed by atoms with van der Waals surface area (Å²) in [6, 6.07) is 19.9. The number of rotatable bonds is 10. The maximum Gasteiger partial charge on any atom is 0.412 e. The quantitative estimate of drug-likeness (QED) is 0.397. The van der Waals surface area contributed by atoms with Gasteiger partial charge < -0.3 is 24.4 Å². The number of carbonyl (C=O) groups is 2. The summed E-state index contributed by atoms with van der Waals surface area (Å²) in [4.78, 5) is 23.9. The van der Waals surface area contributed by atoms with E-state index in [0.717, 1.165) is 16.8 Å². The molecular formula is C25H25NO7. The van der Waals surface area contributed by atoms with E-state index in [4.69, 9.17) is 24.4 Å². The number of methoxy groups -OCH3 is 1. The SMILES string of the molecule is CO[C@H](/C=C/C(=O)O)[C@H](OC(=O)Nc1cccc2ccccc12)c1cccc(OCCO)c1. The lowest BCUT2D eigenvalue weighted by Gasteiger charge is -2.25. The number of carboxylic acids is 1. The van der Waals surface area contributed by atoms with Gasteiger partial charge in [0.15, 0.2) is 6.10 Å². The van der Waals surface area contributed by atoms with E-state index in [1.165, 1.54) is 13.2 Å². The zero-order valence-corrected chi connectivity index (χ0v) is 18.0. The molecule has 2 atom stereocenters. The average Bonchev–Trinajstić information content (AvgIpc) is 2.82. The van der Waals surface area contributed by atoms with Crippen LogP contribution in [0.3, 0.4) is 0 Å². The van der Waals surface area contributed by atoms with Crippen LogP contribution in [0.1, 0.15) is 11.7 Å². The number of benzene rings is 3. The van der Waals surface area contributed by atoms with Crippen molar-refractivity contribution in [2.24, 2.45) is 0 Å². The van der Waals surface area contributed by atoms with Crippen LogP contribution in [0.15, 0.2) is 78.9 Å². The summed E-state index contributed by atoms with van der Waals surface area (Å²) in [6.07, 6.45) is -0.354. The van der Waals surface area contributed by atoms with E-state index >= 15 is 0 Å². The Morgan fingerprint density at radius 3 is 2.58 bits per heavy atom. The number of aliphatic hydroxyl groups excluding tert-OH is 1. The van der Waals surface area contributed by atoms with E-state index in [0.29, 0.717) is 17.0 Å². The molecule has 8 nitrogen and oxygen atoms in total. The summed E-state index contributed by atoms with van der Waals surface area (Å²) < 4.78 is 16.6. The highest BCUT2D eigenvalue weighted by atomic mass is 16.6. The van der Waals surface area contributed by atoms with Crippen LogP contribution in [0.4, 0.5) is 10.5 Å². The van der Waals surface area contributed by atoms with Crippen molar-refractivity contribution in [2.75, 3.05) is 25.6 Å². The number of carboxylic acid groups (broad SMARTS) is 1. The number of nitrogens with one attached hydrogen (secondary N) is 1. The van der Waals surface area contributed by atoms with Crippen molar-refractivity contribution in [3.63, 3.8) is 0 Å². The first-order chi connectivity index (χ1) is 16.0. The van der Waals surface area contributed by atoms with Crippen LogP contribution >= 0.6 is 0 Å². The largest absolute Gasteiger partial charge is 0.491 e. The molecule has 0 aliphatic rings. The normalized spacial score (nSPS) is 12.9. The van der Waals surface area contributed by atoms with Gasteiger partial charge in [-0.25, -0.2) is 9.59 Å². The summed E-state index contributed by atoms with van der Waals surface area (Å²) in [6.45, 7) is -0.0528. The lowest BCUT2D eigenvalue weighted by Crippen LogP contribution is -2.27. The zero-order valence-electron chi connectivity index (χ0n) is 18.0. The Morgan fingerprint density at radius 2 is 1.82 bits per heavy atom. The molecule has 3 rings (SSSR count). The fraction of sp³-hybridized carbons (Fsp3) is 0.200. The van der Waals surface area contributed by atoms with Gasteiger partial charge in [-0.15, -0.1) is 0 Å².